The van der Waals surface area contributed by atoms with Crippen molar-refractivity contribution in [3.63, 3.8) is 0 Å². The SMILES string of the molecule is C=CC(=O)OCC(C)(C)C.OCCO. The van der Waals surface area contributed by atoms with Crippen LogP contribution in [0.15, 0.2) is 12.7 Å². The van der Waals surface area contributed by atoms with Gasteiger partial charge in [-0.05, 0) is 5.41 Å². The lowest BCUT2D eigenvalue weighted by Crippen LogP contribution is -2.16. The van der Waals surface area contributed by atoms with Crippen molar-refractivity contribution in [2.75, 3.05) is 19.8 Å². The van der Waals surface area contributed by atoms with Crippen LogP contribution in [0.1, 0.15) is 20.8 Å². The summed E-state index contributed by atoms with van der Waals surface area (Å²) in [6.07, 6.45) is 1.17. The number of esters is 1. The van der Waals surface area contributed by atoms with Gasteiger partial charge in [0.25, 0.3) is 0 Å². The lowest BCUT2D eigenvalue weighted by Gasteiger charge is -2.16. The van der Waals surface area contributed by atoms with Crippen molar-refractivity contribution in [2.45, 2.75) is 20.8 Å². The van der Waals surface area contributed by atoms with Crippen LogP contribution in [0.4, 0.5) is 0 Å². The quantitative estimate of drug-likeness (QED) is 0.525. The predicted octanol–water partition coefficient (Wildman–Crippen LogP) is 0.733. The number of aliphatic hydroxyl groups excluding tert-OH is 2. The van der Waals surface area contributed by atoms with E-state index in [1.807, 2.05) is 20.8 Å². The van der Waals surface area contributed by atoms with Crippen LogP contribution in [-0.4, -0.2) is 36.0 Å². The maximum absolute atomic E-state index is 10.5. The second-order valence-corrected chi connectivity index (χ2v) is 3.82. The topological polar surface area (TPSA) is 66.8 Å². The van der Waals surface area contributed by atoms with Gasteiger partial charge in [-0.1, -0.05) is 27.4 Å². The molecule has 4 heteroatoms. The normalized spacial score (nSPS) is 9.79. The Bertz CT molecular complexity index is 156. The van der Waals surface area contributed by atoms with Crippen LogP contribution < -0.4 is 0 Å². The highest BCUT2D eigenvalue weighted by Crippen LogP contribution is 2.12. The van der Waals surface area contributed by atoms with E-state index in [0.717, 1.165) is 0 Å². The Balaban J connectivity index is 0. The zero-order valence-electron chi connectivity index (χ0n) is 9.12. The Kier molecular flexibility index (Phi) is 9.71. The van der Waals surface area contributed by atoms with Gasteiger partial charge in [-0.2, -0.15) is 0 Å². The number of hydrogen-bond acceptors (Lipinski definition) is 4. The van der Waals surface area contributed by atoms with Crippen LogP contribution in [0.5, 0.6) is 0 Å². The van der Waals surface area contributed by atoms with Crippen LogP contribution in [0.3, 0.4) is 0 Å². The maximum atomic E-state index is 10.5. The van der Waals surface area contributed by atoms with E-state index < -0.39 is 0 Å². The van der Waals surface area contributed by atoms with Crippen LogP contribution in [-0.2, 0) is 9.53 Å². The fourth-order valence-electron chi connectivity index (χ4n) is 0.347. The van der Waals surface area contributed by atoms with Gasteiger partial charge in [0.05, 0.1) is 19.8 Å². The van der Waals surface area contributed by atoms with Gasteiger partial charge >= 0.3 is 5.97 Å². The van der Waals surface area contributed by atoms with Gasteiger partial charge in [0.2, 0.25) is 0 Å². The summed E-state index contributed by atoms with van der Waals surface area (Å²) in [7, 11) is 0. The summed E-state index contributed by atoms with van der Waals surface area (Å²) in [6.45, 7) is 9.49. The molecule has 0 aromatic heterocycles. The second kappa shape index (κ2) is 8.72. The van der Waals surface area contributed by atoms with Crippen molar-refractivity contribution in [3.8, 4) is 0 Å². The fourth-order valence-corrected chi connectivity index (χ4v) is 0.347. The molecule has 2 N–H and O–H groups in total. The van der Waals surface area contributed by atoms with Crippen molar-refractivity contribution >= 4 is 5.97 Å². The van der Waals surface area contributed by atoms with Gasteiger partial charge in [-0.3, -0.25) is 0 Å². The minimum absolute atomic E-state index is 0.0403. The Hall–Kier alpha value is -0.870. The second-order valence-electron chi connectivity index (χ2n) is 3.82. The number of ether oxygens (including phenoxy) is 1. The van der Waals surface area contributed by atoms with E-state index in [4.69, 9.17) is 14.9 Å². The van der Waals surface area contributed by atoms with Gasteiger partial charge in [0, 0.05) is 6.08 Å². The maximum Gasteiger partial charge on any atom is 0.330 e. The molecule has 0 saturated heterocycles. The number of rotatable bonds is 3. The first-order chi connectivity index (χ1) is 6.37. The third-order valence-corrected chi connectivity index (χ3v) is 0.914. The van der Waals surface area contributed by atoms with E-state index >= 15 is 0 Å². The molecule has 0 spiro atoms. The molecule has 84 valence electrons. The fraction of sp³-hybridized carbons (Fsp3) is 0.700. The number of aliphatic hydroxyl groups is 2. The zero-order valence-corrected chi connectivity index (χ0v) is 9.12. The molecule has 0 radical (unpaired) electrons. The lowest BCUT2D eigenvalue weighted by atomic mass is 9.99. The van der Waals surface area contributed by atoms with Crippen molar-refractivity contribution in [1.29, 1.82) is 0 Å². The molecule has 14 heavy (non-hydrogen) atoms. The van der Waals surface area contributed by atoms with Crippen LogP contribution >= 0.6 is 0 Å². The van der Waals surface area contributed by atoms with E-state index in [-0.39, 0.29) is 24.6 Å². The summed E-state index contributed by atoms with van der Waals surface area (Å²) in [5.74, 6) is -0.352. The van der Waals surface area contributed by atoms with Crippen LogP contribution in [0.2, 0.25) is 0 Å². The largest absolute Gasteiger partial charge is 0.462 e. The molecule has 0 aromatic rings. The van der Waals surface area contributed by atoms with Crippen LogP contribution in [0, 0.1) is 5.41 Å². The summed E-state index contributed by atoms with van der Waals surface area (Å²) in [4.78, 5) is 10.5. The van der Waals surface area contributed by atoms with Gasteiger partial charge in [0.1, 0.15) is 0 Å². The molecule has 0 aliphatic rings. The van der Waals surface area contributed by atoms with Crippen molar-refractivity contribution in [3.05, 3.63) is 12.7 Å². The average Bonchev–Trinajstić information content (AvgIpc) is 2.13. The molecule has 0 aliphatic heterocycles. The first-order valence-corrected chi connectivity index (χ1v) is 4.38. The Labute approximate surface area is 85.2 Å². The smallest absolute Gasteiger partial charge is 0.330 e. The molecule has 0 amide bonds. The highest BCUT2D eigenvalue weighted by molar-refractivity contribution is 5.81. The number of hydrogen-bond donors (Lipinski definition) is 2. The minimum Gasteiger partial charge on any atom is -0.462 e. The van der Waals surface area contributed by atoms with Crippen molar-refractivity contribution in [1.82, 2.24) is 0 Å². The molecule has 0 bridgehead atoms. The monoisotopic (exact) mass is 204 g/mol. The molecule has 0 saturated carbocycles. The van der Waals surface area contributed by atoms with Crippen molar-refractivity contribution < 1.29 is 19.7 Å². The predicted molar refractivity (Wildman–Crippen MR) is 54.8 cm³/mol. The molecule has 0 heterocycles. The number of carbonyl (C=O) groups is 1. The highest BCUT2D eigenvalue weighted by Gasteiger charge is 2.11. The summed E-state index contributed by atoms with van der Waals surface area (Å²) in [5.41, 5.74) is 0.0403. The van der Waals surface area contributed by atoms with Gasteiger partial charge in [-0.25, -0.2) is 4.79 Å². The van der Waals surface area contributed by atoms with Gasteiger partial charge in [0.15, 0.2) is 0 Å². The highest BCUT2D eigenvalue weighted by atomic mass is 16.5. The average molecular weight is 204 g/mol. The van der Waals surface area contributed by atoms with Crippen molar-refractivity contribution in [2.24, 2.45) is 5.41 Å². The Morgan fingerprint density at radius 2 is 1.79 bits per heavy atom. The van der Waals surface area contributed by atoms with E-state index in [0.29, 0.717) is 6.61 Å². The molecule has 0 fully saturated rings. The Morgan fingerprint density at radius 1 is 1.36 bits per heavy atom. The molecule has 0 unspecified atom stereocenters. The summed E-state index contributed by atoms with van der Waals surface area (Å²) >= 11 is 0. The number of carbonyl (C=O) groups excluding carboxylic acids is 1. The molecule has 0 aliphatic carbocycles. The van der Waals surface area contributed by atoms with E-state index in [2.05, 4.69) is 6.58 Å². The zero-order chi connectivity index (χ0) is 11.6. The molecule has 0 aromatic carbocycles. The minimum atomic E-state index is -0.352. The molecule has 4 nitrogen and oxygen atoms in total. The first kappa shape index (κ1) is 15.6. The molecule has 0 rings (SSSR count). The van der Waals surface area contributed by atoms with Gasteiger partial charge < -0.3 is 14.9 Å². The third-order valence-electron chi connectivity index (χ3n) is 0.914. The summed E-state index contributed by atoms with van der Waals surface area (Å²) in [5, 5.41) is 15.2. The lowest BCUT2D eigenvalue weighted by molar-refractivity contribution is -0.140. The first-order valence-electron chi connectivity index (χ1n) is 4.38. The summed E-state index contributed by atoms with van der Waals surface area (Å²) < 4.78 is 4.80. The standard InChI is InChI=1S/C8H14O2.C2H6O2/c1-5-7(9)10-6-8(2,3)4;3-1-2-4/h5H,1,6H2,2-4H3;3-4H,1-2H2. The summed E-state index contributed by atoms with van der Waals surface area (Å²) in [6, 6.07) is 0. The van der Waals surface area contributed by atoms with Crippen LogP contribution in [0.25, 0.3) is 0 Å². The molecular weight excluding hydrogens is 184 g/mol. The third kappa shape index (κ3) is 17.3. The molecular formula is C10H20O4. The van der Waals surface area contributed by atoms with E-state index in [9.17, 15) is 4.79 Å². The molecule has 0 atom stereocenters. The Morgan fingerprint density at radius 3 is 2.00 bits per heavy atom. The van der Waals surface area contributed by atoms with Gasteiger partial charge in [-0.15, -0.1) is 0 Å². The van der Waals surface area contributed by atoms with E-state index in [1.165, 1.54) is 6.08 Å². The van der Waals surface area contributed by atoms with E-state index in [1.54, 1.807) is 0 Å².